The first-order valence-corrected chi connectivity index (χ1v) is 6.94. The van der Waals surface area contributed by atoms with Gasteiger partial charge in [0.1, 0.15) is 0 Å². The lowest BCUT2D eigenvalue weighted by molar-refractivity contribution is 0.0337. The number of benzene rings is 1. The summed E-state index contributed by atoms with van der Waals surface area (Å²) in [5.41, 5.74) is 2.29. The largest absolute Gasteiger partial charge is 0.377 e. The number of ether oxygens (including phenoxy) is 1. The summed E-state index contributed by atoms with van der Waals surface area (Å²) in [5.74, 6) is 0. The van der Waals surface area contributed by atoms with Crippen molar-refractivity contribution in [3.8, 4) is 0 Å². The van der Waals surface area contributed by atoms with Gasteiger partial charge in [-0.15, -0.1) is 0 Å². The standard InChI is InChI=1S/C16H22N2O/c1-4-15(19-5-2)16(17-3)13-8-6-10-14-12(13)9-7-11-18-14/h6-11,15-17H,4-5H2,1-3H3. The fourth-order valence-corrected chi connectivity index (χ4v) is 2.60. The molecule has 1 aromatic carbocycles. The molecule has 0 aliphatic heterocycles. The molecule has 1 aromatic heterocycles. The van der Waals surface area contributed by atoms with Gasteiger partial charge in [0.2, 0.25) is 0 Å². The Bertz CT molecular complexity index is 522. The van der Waals surface area contributed by atoms with Gasteiger partial charge in [-0.2, -0.15) is 0 Å². The topological polar surface area (TPSA) is 34.1 Å². The Morgan fingerprint density at radius 1 is 1.21 bits per heavy atom. The summed E-state index contributed by atoms with van der Waals surface area (Å²) in [4.78, 5) is 4.42. The quantitative estimate of drug-likeness (QED) is 0.863. The van der Waals surface area contributed by atoms with Crippen molar-refractivity contribution in [1.82, 2.24) is 10.3 Å². The SMILES string of the molecule is CCOC(CC)C(NC)c1cccc2ncccc12. The van der Waals surface area contributed by atoms with Crippen molar-refractivity contribution in [1.29, 1.82) is 0 Å². The molecule has 1 heterocycles. The predicted molar refractivity (Wildman–Crippen MR) is 79.2 cm³/mol. The van der Waals surface area contributed by atoms with E-state index in [1.807, 2.05) is 32.3 Å². The Hall–Kier alpha value is -1.45. The summed E-state index contributed by atoms with van der Waals surface area (Å²) >= 11 is 0. The molecule has 102 valence electrons. The summed E-state index contributed by atoms with van der Waals surface area (Å²) < 4.78 is 5.86. The van der Waals surface area contributed by atoms with Crippen LogP contribution in [-0.4, -0.2) is 24.7 Å². The molecule has 2 atom stereocenters. The third-order valence-corrected chi connectivity index (χ3v) is 3.48. The van der Waals surface area contributed by atoms with Gasteiger partial charge in [-0.05, 0) is 38.1 Å². The third kappa shape index (κ3) is 2.94. The van der Waals surface area contributed by atoms with Crippen LogP contribution in [0.4, 0.5) is 0 Å². The van der Waals surface area contributed by atoms with E-state index in [4.69, 9.17) is 4.74 Å². The van der Waals surface area contributed by atoms with Crippen molar-refractivity contribution in [2.24, 2.45) is 0 Å². The van der Waals surface area contributed by atoms with E-state index in [2.05, 4.69) is 35.4 Å². The molecule has 3 heteroatoms. The van der Waals surface area contributed by atoms with Crippen LogP contribution in [0.2, 0.25) is 0 Å². The zero-order chi connectivity index (χ0) is 13.7. The van der Waals surface area contributed by atoms with Crippen LogP contribution < -0.4 is 5.32 Å². The van der Waals surface area contributed by atoms with E-state index in [1.54, 1.807) is 0 Å². The Morgan fingerprint density at radius 3 is 2.74 bits per heavy atom. The molecule has 2 aromatic rings. The van der Waals surface area contributed by atoms with Crippen molar-refractivity contribution in [3.05, 3.63) is 42.1 Å². The number of fused-ring (bicyclic) bond motifs is 1. The molecular formula is C16H22N2O. The number of hydrogen-bond donors (Lipinski definition) is 1. The van der Waals surface area contributed by atoms with Crippen molar-refractivity contribution in [3.63, 3.8) is 0 Å². The Kier molecular flexibility index (Phi) is 4.88. The van der Waals surface area contributed by atoms with E-state index in [0.717, 1.165) is 18.5 Å². The van der Waals surface area contributed by atoms with Crippen molar-refractivity contribution < 1.29 is 4.74 Å². The Balaban J connectivity index is 2.45. The van der Waals surface area contributed by atoms with Crippen molar-refractivity contribution >= 4 is 10.9 Å². The van der Waals surface area contributed by atoms with Crippen LogP contribution in [0, 0.1) is 0 Å². The van der Waals surface area contributed by atoms with Crippen LogP contribution in [0.1, 0.15) is 31.9 Å². The molecule has 0 fully saturated rings. The number of likely N-dealkylation sites (N-methyl/N-ethyl adjacent to an activating group) is 1. The highest BCUT2D eigenvalue weighted by Crippen LogP contribution is 2.27. The second kappa shape index (κ2) is 6.64. The van der Waals surface area contributed by atoms with Crippen molar-refractivity contribution in [2.75, 3.05) is 13.7 Å². The number of hydrogen-bond acceptors (Lipinski definition) is 3. The zero-order valence-corrected chi connectivity index (χ0v) is 11.9. The fourth-order valence-electron chi connectivity index (χ4n) is 2.60. The molecule has 1 N–H and O–H groups in total. The first-order chi connectivity index (χ1) is 9.31. The van der Waals surface area contributed by atoms with Crippen LogP contribution in [0.15, 0.2) is 36.5 Å². The Morgan fingerprint density at radius 2 is 2.05 bits per heavy atom. The van der Waals surface area contributed by atoms with Gasteiger partial charge >= 0.3 is 0 Å². The maximum atomic E-state index is 5.86. The maximum absolute atomic E-state index is 5.86. The molecule has 0 spiro atoms. The fraction of sp³-hybridized carbons (Fsp3) is 0.438. The van der Waals surface area contributed by atoms with Gasteiger partial charge in [0, 0.05) is 18.2 Å². The zero-order valence-electron chi connectivity index (χ0n) is 11.9. The number of pyridine rings is 1. The molecular weight excluding hydrogens is 236 g/mol. The van der Waals surface area contributed by atoms with E-state index in [1.165, 1.54) is 10.9 Å². The van der Waals surface area contributed by atoms with Crippen LogP contribution in [0.25, 0.3) is 10.9 Å². The first-order valence-electron chi connectivity index (χ1n) is 6.94. The van der Waals surface area contributed by atoms with Gasteiger partial charge in [-0.3, -0.25) is 4.98 Å². The predicted octanol–water partition coefficient (Wildman–Crippen LogP) is 3.31. The molecule has 0 radical (unpaired) electrons. The van der Waals surface area contributed by atoms with Gasteiger partial charge in [-0.1, -0.05) is 25.1 Å². The van der Waals surface area contributed by atoms with Crippen LogP contribution in [0.3, 0.4) is 0 Å². The lowest BCUT2D eigenvalue weighted by atomic mass is 9.96. The number of aromatic nitrogens is 1. The third-order valence-electron chi connectivity index (χ3n) is 3.48. The molecule has 0 amide bonds. The minimum absolute atomic E-state index is 0.181. The molecule has 0 bridgehead atoms. The van der Waals surface area contributed by atoms with Gasteiger partial charge in [0.05, 0.1) is 17.7 Å². The van der Waals surface area contributed by atoms with E-state index >= 15 is 0 Å². The van der Waals surface area contributed by atoms with Gasteiger partial charge < -0.3 is 10.1 Å². The molecule has 0 saturated heterocycles. The average Bonchev–Trinajstić information content (AvgIpc) is 2.47. The summed E-state index contributed by atoms with van der Waals surface area (Å²) in [6, 6.07) is 10.6. The van der Waals surface area contributed by atoms with Gasteiger partial charge in [-0.25, -0.2) is 0 Å². The molecule has 2 rings (SSSR count). The summed E-state index contributed by atoms with van der Waals surface area (Å²) in [7, 11) is 1.99. The molecule has 2 unspecified atom stereocenters. The van der Waals surface area contributed by atoms with E-state index in [-0.39, 0.29) is 12.1 Å². The Labute approximate surface area is 115 Å². The second-order valence-electron chi connectivity index (χ2n) is 4.59. The lowest BCUT2D eigenvalue weighted by Gasteiger charge is -2.27. The molecule has 0 aliphatic carbocycles. The maximum Gasteiger partial charge on any atom is 0.0767 e. The van der Waals surface area contributed by atoms with Crippen LogP contribution >= 0.6 is 0 Å². The van der Waals surface area contributed by atoms with Gasteiger partial charge in [0.15, 0.2) is 0 Å². The summed E-state index contributed by atoms with van der Waals surface area (Å²) in [6.45, 7) is 4.94. The molecule has 19 heavy (non-hydrogen) atoms. The minimum atomic E-state index is 0.181. The normalized spacial score (nSPS) is 14.5. The monoisotopic (exact) mass is 258 g/mol. The molecule has 3 nitrogen and oxygen atoms in total. The number of nitrogens with one attached hydrogen (secondary N) is 1. The second-order valence-corrected chi connectivity index (χ2v) is 4.59. The van der Waals surface area contributed by atoms with E-state index < -0.39 is 0 Å². The van der Waals surface area contributed by atoms with Crippen LogP contribution in [0.5, 0.6) is 0 Å². The van der Waals surface area contributed by atoms with E-state index in [0.29, 0.717) is 0 Å². The lowest BCUT2D eigenvalue weighted by Crippen LogP contribution is -2.31. The summed E-state index contributed by atoms with van der Waals surface area (Å²) in [5, 5.41) is 4.59. The highest BCUT2D eigenvalue weighted by atomic mass is 16.5. The van der Waals surface area contributed by atoms with Crippen molar-refractivity contribution in [2.45, 2.75) is 32.4 Å². The van der Waals surface area contributed by atoms with Gasteiger partial charge in [0.25, 0.3) is 0 Å². The molecule has 0 saturated carbocycles. The highest BCUT2D eigenvalue weighted by molar-refractivity contribution is 5.82. The average molecular weight is 258 g/mol. The number of rotatable bonds is 6. The smallest absolute Gasteiger partial charge is 0.0767 e. The van der Waals surface area contributed by atoms with Crippen LogP contribution in [-0.2, 0) is 4.74 Å². The summed E-state index contributed by atoms with van der Waals surface area (Å²) in [6.07, 6.45) is 3.00. The molecule has 0 aliphatic rings. The highest BCUT2D eigenvalue weighted by Gasteiger charge is 2.22. The first kappa shape index (κ1) is 14.0. The minimum Gasteiger partial charge on any atom is -0.377 e. The van der Waals surface area contributed by atoms with E-state index in [9.17, 15) is 0 Å². The number of nitrogens with zero attached hydrogens (tertiary/aromatic N) is 1.